The van der Waals surface area contributed by atoms with E-state index in [0.717, 1.165) is 11.0 Å². The van der Waals surface area contributed by atoms with Crippen LogP contribution in [0.1, 0.15) is 13.8 Å². The molecule has 25 heavy (non-hydrogen) atoms. The number of β-lactam (4-membered cyclic amide) rings is 1. The first kappa shape index (κ1) is 18.6. The van der Waals surface area contributed by atoms with E-state index in [1.165, 1.54) is 16.7 Å². The molecule has 0 unspecified atom stereocenters. The minimum atomic E-state index is -1.20. The van der Waals surface area contributed by atoms with E-state index < -0.39 is 22.8 Å². The molecule has 9 heteroatoms. The molecule has 0 spiro atoms. The first-order valence-corrected chi connectivity index (χ1v) is 8.58. The number of imidazole rings is 1. The van der Waals surface area contributed by atoms with Gasteiger partial charge in [0.25, 0.3) is 0 Å². The van der Waals surface area contributed by atoms with Gasteiger partial charge in [0.15, 0.2) is 0 Å². The number of para-hydroxylation sites is 2. The van der Waals surface area contributed by atoms with E-state index in [1.54, 1.807) is 0 Å². The second-order valence-electron chi connectivity index (χ2n) is 6.68. The third-order valence-electron chi connectivity index (χ3n) is 4.74. The molecular formula is C16H17N4NaO3S. The average Bonchev–Trinajstić information content (AvgIpc) is 2.97. The van der Waals surface area contributed by atoms with Gasteiger partial charge in [0.05, 0.1) is 23.0 Å². The van der Waals surface area contributed by atoms with Gasteiger partial charge < -0.3 is 24.7 Å². The van der Waals surface area contributed by atoms with Crippen LogP contribution in [0.15, 0.2) is 24.3 Å². The predicted octanol–water partition coefficient (Wildman–Crippen LogP) is -2.83. The number of hydrogen-bond acceptors (Lipinski definition) is 6. The summed E-state index contributed by atoms with van der Waals surface area (Å²) in [6.45, 7) is 3.66. The molecule has 4 rings (SSSR count). The molecule has 0 radical (unpaired) electrons. The van der Waals surface area contributed by atoms with Gasteiger partial charge in [0, 0.05) is 11.8 Å². The summed E-state index contributed by atoms with van der Waals surface area (Å²) in [7, 11) is 1.88. The van der Waals surface area contributed by atoms with Crippen LogP contribution in [-0.4, -0.2) is 48.5 Å². The Labute approximate surface area is 171 Å². The zero-order chi connectivity index (χ0) is 17.2. The number of hydrogen-bond donors (Lipinski definition) is 1. The molecule has 1 N–H and O–H groups in total. The summed E-state index contributed by atoms with van der Waals surface area (Å²) in [5, 5.41) is 14.4. The van der Waals surface area contributed by atoms with Crippen molar-refractivity contribution in [2.75, 3.05) is 5.32 Å². The van der Waals surface area contributed by atoms with E-state index in [4.69, 9.17) is 0 Å². The number of anilines is 1. The number of carboxylic acid groups (broad SMARTS) is 1. The van der Waals surface area contributed by atoms with Crippen molar-refractivity contribution in [3.05, 3.63) is 24.3 Å². The van der Waals surface area contributed by atoms with Crippen LogP contribution in [0.2, 0.25) is 0 Å². The molecular weight excluding hydrogens is 351 g/mol. The van der Waals surface area contributed by atoms with Crippen molar-refractivity contribution in [1.82, 2.24) is 14.5 Å². The molecule has 7 nitrogen and oxygen atoms in total. The average molecular weight is 368 g/mol. The molecule has 2 fully saturated rings. The third-order valence-corrected chi connectivity index (χ3v) is 6.31. The molecule has 0 saturated carbocycles. The fraction of sp³-hybridized carbons (Fsp3) is 0.438. The number of rotatable bonds is 3. The van der Waals surface area contributed by atoms with Gasteiger partial charge >= 0.3 is 29.6 Å². The minimum Gasteiger partial charge on any atom is -0.548 e. The van der Waals surface area contributed by atoms with Gasteiger partial charge in [-0.3, -0.25) is 4.79 Å². The molecule has 0 aliphatic carbocycles. The maximum Gasteiger partial charge on any atom is 1.00 e. The van der Waals surface area contributed by atoms with Gasteiger partial charge in [-0.25, -0.2) is 4.98 Å². The molecule has 1 amide bonds. The van der Waals surface area contributed by atoms with Crippen LogP contribution in [-0.2, 0) is 16.6 Å². The van der Waals surface area contributed by atoms with Crippen LogP contribution in [0.3, 0.4) is 0 Å². The summed E-state index contributed by atoms with van der Waals surface area (Å²) in [5.41, 5.74) is 1.81. The second-order valence-corrected chi connectivity index (χ2v) is 8.45. The number of benzene rings is 1. The van der Waals surface area contributed by atoms with E-state index in [-0.39, 0.29) is 40.8 Å². The monoisotopic (exact) mass is 368 g/mol. The number of aryl methyl sites for hydroxylation is 1. The van der Waals surface area contributed by atoms with Crippen molar-refractivity contribution in [2.45, 2.75) is 36.1 Å². The van der Waals surface area contributed by atoms with Crippen LogP contribution in [0.5, 0.6) is 0 Å². The number of carboxylic acids is 1. The van der Waals surface area contributed by atoms with Gasteiger partial charge in [-0.2, -0.15) is 0 Å². The fourth-order valence-electron chi connectivity index (χ4n) is 3.54. The number of aromatic nitrogens is 2. The van der Waals surface area contributed by atoms with Crippen molar-refractivity contribution < 1.29 is 44.3 Å². The molecule has 2 aliphatic rings. The summed E-state index contributed by atoms with van der Waals surface area (Å²) < 4.78 is 1.31. The second kappa shape index (κ2) is 6.19. The summed E-state index contributed by atoms with van der Waals surface area (Å²) in [4.78, 5) is 29.9. The predicted molar refractivity (Wildman–Crippen MR) is 89.2 cm³/mol. The van der Waals surface area contributed by atoms with Crippen LogP contribution in [0, 0.1) is 0 Å². The third kappa shape index (κ3) is 2.66. The summed E-state index contributed by atoms with van der Waals surface area (Å²) in [5.74, 6) is -0.826. The van der Waals surface area contributed by atoms with Gasteiger partial charge in [0.1, 0.15) is 11.4 Å². The maximum absolute atomic E-state index is 12.5. The Bertz CT molecular complexity index is 868. The maximum atomic E-state index is 12.5. The van der Waals surface area contributed by atoms with Crippen molar-refractivity contribution in [2.24, 2.45) is 7.05 Å². The Morgan fingerprint density at radius 2 is 2.04 bits per heavy atom. The largest absolute Gasteiger partial charge is 1.00 e. The van der Waals surface area contributed by atoms with Crippen molar-refractivity contribution >= 4 is 40.6 Å². The van der Waals surface area contributed by atoms with Crippen molar-refractivity contribution in [3.63, 3.8) is 0 Å². The number of fused-ring (bicyclic) bond motifs is 2. The number of carbonyl (C=O) groups is 2. The smallest absolute Gasteiger partial charge is 0.548 e. The quantitative estimate of drug-likeness (QED) is 0.464. The van der Waals surface area contributed by atoms with Crippen molar-refractivity contribution in [3.8, 4) is 0 Å². The first-order chi connectivity index (χ1) is 11.3. The Kier molecular flexibility index (Phi) is 4.60. The Hall–Kier alpha value is -1.22. The van der Waals surface area contributed by atoms with E-state index in [2.05, 4.69) is 10.3 Å². The Morgan fingerprint density at radius 3 is 2.68 bits per heavy atom. The summed E-state index contributed by atoms with van der Waals surface area (Å²) in [6.07, 6.45) is 0. The molecule has 3 atom stereocenters. The van der Waals surface area contributed by atoms with Crippen LogP contribution < -0.4 is 40.0 Å². The minimum absolute atomic E-state index is 0. The molecule has 3 heterocycles. The number of nitrogens with zero attached hydrogens (tertiary/aromatic N) is 3. The zero-order valence-corrected chi connectivity index (χ0v) is 17.3. The van der Waals surface area contributed by atoms with Crippen molar-refractivity contribution in [1.29, 1.82) is 0 Å². The number of carbonyl (C=O) groups excluding carboxylic acids is 2. The van der Waals surface area contributed by atoms with Gasteiger partial charge in [-0.05, 0) is 26.0 Å². The van der Waals surface area contributed by atoms with Gasteiger partial charge in [0.2, 0.25) is 11.9 Å². The molecule has 2 aliphatic heterocycles. The number of nitrogens with one attached hydrogen (secondary N) is 1. The molecule has 1 aromatic heterocycles. The number of thioether (sulfide) groups is 1. The van der Waals surface area contributed by atoms with Gasteiger partial charge in [-0.15, -0.1) is 11.8 Å². The topological polar surface area (TPSA) is 90.3 Å². The number of amides is 1. The summed E-state index contributed by atoms with van der Waals surface area (Å²) in [6, 6.07) is 6.34. The Balaban J connectivity index is 0.00000182. The van der Waals surface area contributed by atoms with Gasteiger partial charge in [-0.1, -0.05) is 12.1 Å². The molecule has 2 saturated heterocycles. The van der Waals surface area contributed by atoms with Crippen LogP contribution in [0.4, 0.5) is 5.95 Å². The van der Waals surface area contributed by atoms with E-state index in [0.29, 0.717) is 5.95 Å². The van der Waals surface area contributed by atoms with Crippen LogP contribution in [0.25, 0.3) is 11.0 Å². The zero-order valence-electron chi connectivity index (χ0n) is 14.5. The van der Waals surface area contributed by atoms with E-state index >= 15 is 0 Å². The SMILES string of the molecule is Cn1c(N[C@@H]2C(=O)N3[C@@H]2SC(C)(C)[C@@H]3C(=O)[O-])nc2ccccc21.[Na+]. The first-order valence-electron chi connectivity index (χ1n) is 7.70. The molecule has 126 valence electrons. The normalized spacial score (nSPS) is 26.8. The molecule has 0 bridgehead atoms. The van der Waals surface area contributed by atoms with Crippen LogP contribution >= 0.6 is 11.8 Å². The van der Waals surface area contributed by atoms with E-state index in [9.17, 15) is 14.7 Å². The molecule has 1 aromatic carbocycles. The molecule has 2 aromatic rings. The Morgan fingerprint density at radius 1 is 1.36 bits per heavy atom. The van der Waals surface area contributed by atoms with E-state index in [1.807, 2.05) is 49.7 Å². The summed E-state index contributed by atoms with van der Waals surface area (Å²) >= 11 is 1.48. The fourth-order valence-corrected chi connectivity index (χ4v) is 5.16. The number of aliphatic carboxylic acids is 1. The standard InChI is InChI=1S/C16H18N4O3S.Na/c1-16(2)11(14(22)23)20-12(21)10(13(20)24-16)18-15-17-8-6-4-5-7-9(8)19(15)3;/h4-7,10-11,13H,1-3H3,(H,17,18)(H,22,23);/q;+1/p-1/t10-,11+,13-;/m1./s1.